The molecule has 0 spiro atoms. The van der Waals surface area contributed by atoms with Gasteiger partial charge in [0.05, 0.1) is 0 Å². The number of benzene rings is 1. The van der Waals surface area contributed by atoms with Crippen LogP contribution < -0.4 is 0 Å². The minimum absolute atomic E-state index is 0. The van der Waals surface area contributed by atoms with Crippen molar-refractivity contribution in [3.05, 3.63) is 56.8 Å². The van der Waals surface area contributed by atoms with Crippen molar-refractivity contribution < 1.29 is 28.8 Å². The van der Waals surface area contributed by atoms with Crippen molar-refractivity contribution >= 4 is 46.6 Å². The summed E-state index contributed by atoms with van der Waals surface area (Å²) in [7, 11) is 0. The van der Waals surface area contributed by atoms with Gasteiger partial charge in [-0.25, -0.2) is 0 Å². The number of halogens is 2. The molecule has 2 rings (SSSR count). The fourth-order valence-corrected chi connectivity index (χ4v) is 1.07. The van der Waals surface area contributed by atoms with Crippen molar-refractivity contribution in [3.63, 3.8) is 0 Å². The average Bonchev–Trinajstić information content (AvgIpc) is 2.80. The van der Waals surface area contributed by atoms with Crippen LogP contribution in [0.25, 0.3) is 10.8 Å². The zero-order valence-corrected chi connectivity index (χ0v) is 15.0. The van der Waals surface area contributed by atoms with Crippen LogP contribution in [0, 0.1) is 14.4 Å². The van der Waals surface area contributed by atoms with Crippen LogP contribution in [-0.4, -0.2) is 22.7 Å². The number of hydrogen-bond acceptors (Lipinski definition) is 2. The first-order valence-corrected chi connectivity index (χ1v) is 5.23. The first-order valence-electron chi connectivity index (χ1n) is 4.59. The van der Waals surface area contributed by atoms with Crippen LogP contribution in [0.1, 0.15) is 6.42 Å². The smallest absolute Gasteiger partial charge is 0 e. The molecule has 0 saturated heterocycles. The Morgan fingerprint density at radius 1 is 1.16 bits per heavy atom. The Labute approximate surface area is 144 Å². The van der Waals surface area contributed by atoms with Crippen molar-refractivity contribution in [2.45, 2.75) is 6.42 Å². The molecular formula is C13H19Cl2O2SiTi-3. The van der Waals surface area contributed by atoms with E-state index in [1.54, 1.807) is 0 Å². The Morgan fingerprint density at radius 3 is 2.05 bits per heavy atom. The van der Waals surface area contributed by atoms with Crippen LogP contribution in [0.2, 0.25) is 0 Å². The van der Waals surface area contributed by atoms with Crippen molar-refractivity contribution in [1.29, 1.82) is 0 Å². The molecule has 0 aliphatic carbocycles. The molecule has 0 saturated carbocycles. The van der Waals surface area contributed by atoms with E-state index < -0.39 is 0 Å². The van der Waals surface area contributed by atoms with Gasteiger partial charge in [0.15, 0.2) is 0 Å². The van der Waals surface area contributed by atoms with Gasteiger partial charge in [-0.3, -0.25) is 0 Å². The van der Waals surface area contributed by atoms with E-state index in [4.69, 9.17) is 8.43 Å². The van der Waals surface area contributed by atoms with Crippen molar-refractivity contribution in [1.82, 2.24) is 0 Å². The van der Waals surface area contributed by atoms with Gasteiger partial charge in [-0.15, -0.1) is 54.5 Å². The summed E-state index contributed by atoms with van der Waals surface area (Å²) in [6, 6.07) is 14.7. The van der Waals surface area contributed by atoms with E-state index in [0.29, 0.717) is 6.42 Å². The summed E-state index contributed by atoms with van der Waals surface area (Å²) < 4.78 is 8.25. The summed E-state index contributed by atoms with van der Waals surface area (Å²) in [6.07, 6.45) is 0.625. The molecule has 0 unspecified atom stereocenters. The zero-order valence-electron chi connectivity index (χ0n) is 10.8. The van der Waals surface area contributed by atoms with Gasteiger partial charge in [-0.2, -0.15) is 23.9 Å². The van der Waals surface area contributed by atoms with Gasteiger partial charge >= 0.3 is 23.7 Å². The largest absolute Gasteiger partial charge is 0.168 e. The number of rotatable bonds is 1. The molecule has 2 aromatic carbocycles. The minimum Gasteiger partial charge on any atom is -0.168 e. The molecule has 0 aliphatic rings. The predicted molar refractivity (Wildman–Crippen MR) is 84.0 cm³/mol. The summed E-state index contributed by atoms with van der Waals surface area (Å²) in [6.45, 7) is 3.56. The molecule has 0 heterocycles. The van der Waals surface area contributed by atoms with Crippen LogP contribution in [-0.2, 0) is 23.7 Å². The molecule has 0 aliphatic heterocycles. The van der Waals surface area contributed by atoms with Gasteiger partial charge in [-0.05, 0) is 0 Å². The predicted octanol–water partition coefficient (Wildman–Crippen LogP) is 3.55. The second-order valence-electron chi connectivity index (χ2n) is 2.73. The van der Waals surface area contributed by atoms with E-state index in [9.17, 15) is 0 Å². The van der Waals surface area contributed by atoms with Crippen LogP contribution in [0.5, 0.6) is 0 Å². The number of fused-ring (bicyclic) bond motifs is 1. The Morgan fingerprint density at radius 2 is 1.63 bits per heavy atom. The van der Waals surface area contributed by atoms with E-state index in [1.807, 2.05) is 0 Å². The van der Waals surface area contributed by atoms with Gasteiger partial charge in [-0.1, -0.05) is 6.07 Å². The van der Waals surface area contributed by atoms with E-state index >= 15 is 0 Å². The molecule has 4 radical (unpaired) electrons. The molecule has 0 fully saturated rings. The molecule has 19 heavy (non-hydrogen) atoms. The molecule has 0 aromatic heterocycles. The van der Waals surface area contributed by atoms with Crippen molar-refractivity contribution in [2.75, 3.05) is 6.61 Å². The van der Waals surface area contributed by atoms with Gasteiger partial charge in [0.1, 0.15) is 0 Å². The fourth-order valence-electron chi connectivity index (χ4n) is 1.07. The van der Waals surface area contributed by atoms with Crippen LogP contribution >= 0.6 is 24.8 Å². The maximum absolute atomic E-state index is 8.25. The first-order chi connectivity index (χ1) is 7.38. The third-order valence-electron chi connectivity index (χ3n) is 1.71. The second kappa shape index (κ2) is 23.2. The monoisotopic (exact) mass is 353 g/mol. The molecular weight excluding hydrogens is 335 g/mol. The van der Waals surface area contributed by atoms with Crippen LogP contribution in [0.4, 0.5) is 0 Å². The van der Waals surface area contributed by atoms with Gasteiger partial charge in [0.2, 0.25) is 0 Å². The van der Waals surface area contributed by atoms with Crippen LogP contribution in [0.3, 0.4) is 0 Å². The summed E-state index contributed by atoms with van der Waals surface area (Å²) in [5, 5.41) is 10.5. The topological polar surface area (TPSA) is 37.3 Å². The zero-order chi connectivity index (χ0) is 11.5. The molecule has 0 bridgehead atoms. The molecule has 2 aromatic rings. The van der Waals surface area contributed by atoms with Gasteiger partial charge < -0.3 is 19.5 Å². The standard InChI is InChI=1S/C9H7.C3H7O.CH3.2ClH.O.Si.Ti/c1-2-5-9-7-3-6-8(9)4-1;1-2-3-4;;;;;;/h1-7H;4H,1-3H2;1H3;2*1H;;;/q3*-1;;;;;. The third kappa shape index (κ3) is 14.3. The van der Waals surface area contributed by atoms with E-state index in [-0.39, 0.29) is 49.8 Å². The molecule has 2 nitrogen and oxygen atoms in total. The normalized spacial score (nSPS) is 6.58. The Balaban J connectivity index is -0.0000000587. The Hall–Kier alpha value is 0.101. The number of hydrogen-bond donors (Lipinski definition) is 1. The number of aliphatic hydroxyl groups is 1. The van der Waals surface area contributed by atoms with Crippen molar-refractivity contribution in [2.24, 2.45) is 0 Å². The van der Waals surface area contributed by atoms with Gasteiger partial charge in [0, 0.05) is 17.6 Å². The molecule has 0 amide bonds. The van der Waals surface area contributed by atoms with E-state index in [2.05, 4.69) is 49.4 Å². The third-order valence-corrected chi connectivity index (χ3v) is 1.71. The molecule has 108 valence electrons. The van der Waals surface area contributed by atoms with Crippen LogP contribution in [0.15, 0.2) is 42.5 Å². The quantitative estimate of drug-likeness (QED) is 0.628. The van der Waals surface area contributed by atoms with E-state index in [0.717, 1.165) is 20.4 Å². The van der Waals surface area contributed by atoms with Gasteiger partial charge in [0.25, 0.3) is 0 Å². The second-order valence-corrected chi connectivity index (χ2v) is 2.73. The Kier molecular flexibility index (Phi) is 38.5. The Bertz CT molecular complexity index is 340. The van der Waals surface area contributed by atoms with E-state index in [1.165, 1.54) is 10.8 Å². The molecule has 6 heteroatoms. The summed E-state index contributed by atoms with van der Waals surface area (Å²) >= 11 is 0.750. The fraction of sp³-hybridized carbons (Fsp3) is 0.154. The maximum atomic E-state index is 8.25. The van der Waals surface area contributed by atoms with Crippen molar-refractivity contribution in [3.8, 4) is 0 Å². The summed E-state index contributed by atoms with van der Waals surface area (Å²) in [4.78, 5) is 0. The molecule has 0 atom stereocenters. The summed E-state index contributed by atoms with van der Waals surface area (Å²) in [5.41, 5.74) is 0. The SMILES string of the molecule is Cl.Cl.[CH2-]CCO.[CH3-].[O]=[Ti].[Si].c1ccc2[cH-]ccc2c1. The maximum Gasteiger partial charge on any atom is 0 e. The average molecular weight is 354 g/mol. The molecule has 1 N–H and O–H groups in total. The number of aliphatic hydroxyl groups excluding tert-OH is 1. The first kappa shape index (κ1) is 31.5. The summed E-state index contributed by atoms with van der Waals surface area (Å²) in [5.74, 6) is 0. The minimum atomic E-state index is 0.